The third-order valence-electron chi connectivity index (χ3n) is 3.57. The molecule has 2 aromatic heterocycles. The molecular formula is C13H18N6OS. The molecule has 0 aliphatic carbocycles. The first-order chi connectivity index (χ1) is 10.3. The van der Waals surface area contributed by atoms with E-state index in [1.807, 2.05) is 11.6 Å². The summed E-state index contributed by atoms with van der Waals surface area (Å²) in [7, 11) is 0. The Kier molecular flexibility index (Phi) is 4.44. The average Bonchev–Trinajstić information content (AvgIpc) is 3.19. The number of nitrogens with one attached hydrogen (secondary N) is 1. The number of anilines is 1. The second-order valence-electron chi connectivity index (χ2n) is 5.17. The molecule has 8 heteroatoms. The fourth-order valence-electron chi connectivity index (χ4n) is 2.55. The number of carbonyl (C=O) groups excluding carboxylic acids is 1. The van der Waals surface area contributed by atoms with Gasteiger partial charge in [0, 0.05) is 31.2 Å². The van der Waals surface area contributed by atoms with E-state index in [1.165, 1.54) is 11.0 Å². The highest BCUT2D eigenvalue weighted by Crippen LogP contribution is 2.24. The SMILES string of the molecule is O=C(Cn1cncn1)NCC1CCCN(c2nccs2)C1. The maximum absolute atomic E-state index is 11.8. The van der Waals surface area contributed by atoms with E-state index < -0.39 is 0 Å². The van der Waals surface area contributed by atoms with Crippen LogP contribution in [0.25, 0.3) is 0 Å². The van der Waals surface area contributed by atoms with Gasteiger partial charge in [-0.2, -0.15) is 5.10 Å². The quantitative estimate of drug-likeness (QED) is 0.883. The molecule has 3 heterocycles. The van der Waals surface area contributed by atoms with Crippen molar-refractivity contribution in [3.63, 3.8) is 0 Å². The lowest BCUT2D eigenvalue weighted by Gasteiger charge is -2.32. The van der Waals surface area contributed by atoms with Crippen LogP contribution in [-0.4, -0.2) is 45.3 Å². The van der Waals surface area contributed by atoms with Crippen LogP contribution in [0.5, 0.6) is 0 Å². The van der Waals surface area contributed by atoms with E-state index in [0.717, 1.165) is 31.1 Å². The van der Waals surface area contributed by atoms with E-state index in [4.69, 9.17) is 0 Å². The molecule has 112 valence electrons. The molecule has 3 rings (SSSR count). The van der Waals surface area contributed by atoms with Crippen LogP contribution in [0.15, 0.2) is 24.2 Å². The number of piperidine rings is 1. The number of hydrogen-bond donors (Lipinski definition) is 1. The Hall–Kier alpha value is -1.96. The lowest BCUT2D eigenvalue weighted by atomic mass is 9.98. The first kappa shape index (κ1) is 14.0. The summed E-state index contributed by atoms with van der Waals surface area (Å²) in [4.78, 5) is 22.3. The second-order valence-corrected chi connectivity index (χ2v) is 6.04. The highest BCUT2D eigenvalue weighted by Gasteiger charge is 2.21. The number of carbonyl (C=O) groups is 1. The lowest BCUT2D eigenvalue weighted by molar-refractivity contribution is -0.122. The molecule has 0 radical (unpaired) electrons. The van der Waals surface area contributed by atoms with Crippen molar-refractivity contribution in [3.8, 4) is 0 Å². The normalized spacial score (nSPS) is 18.7. The minimum absolute atomic E-state index is 0.0214. The molecule has 0 saturated carbocycles. The molecule has 1 atom stereocenters. The van der Waals surface area contributed by atoms with Crippen LogP contribution >= 0.6 is 11.3 Å². The molecule has 1 aliphatic heterocycles. The Balaban J connectivity index is 1.45. The predicted octanol–water partition coefficient (Wildman–Crippen LogP) is 0.767. The highest BCUT2D eigenvalue weighted by molar-refractivity contribution is 7.13. The summed E-state index contributed by atoms with van der Waals surface area (Å²) >= 11 is 1.67. The maximum atomic E-state index is 11.8. The van der Waals surface area contributed by atoms with Crippen LogP contribution in [0.1, 0.15) is 12.8 Å². The molecule has 0 spiro atoms. The van der Waals surface area contributed by atoms with Gasteiger partial charge in [-0.15, -0.1) is 11.3 Å². The Bertz CT molecular complexity index is 555. The molecule has 1 fully saturated rings. The fourth-order valence-corrected chi connectivity index (χ4v) is 3.23. The van der Waals surface area contributed by atoms with E-state index in [-0.39, 0.29) is 12.5 Å². The lowest BCUT2D eigenvalue weighted by Crippen LogP contribution is -2.41. The first-order valence-corrected chi connectivity index (χ1v) is 7.93. The van der Waals surface area contributed by atoms with Crippen molar-refractivity contribution in [2.45, 2.75) is 19.4 Å². The molecule has 0 bridgehead atoms. The van der Waals surface area contributed by atoms with Crippen molar-refractivity contribution in [3.05, 3.63) is 24.2 Å². The van der Waals surface area contributed by atoms with Gasteiger partial charge in [0.15, 0.2) is 5.13 Å². The maximum Gasteiger partial charge on any atom is 0.241 e. The third-order valence-corrected chi connectivity index (χ3v) is 4.40. The van der Waals surface area contributed by atoms with E-state index in [2.05, 4.69) is 25.3 Å². The number of nitrogens with zero attached hydrogens (tertiary/aromatic N) is 5. The number of thiazole rings is 1. The van der Waals surface area contributed by atoms with Crippen LogP contribution in [0.3, 0.4) is 0 Å². The minimum Gasteiger partial charge on any atom is -0.354 e. The molecule has 0 aromatic carbocycles. The number of aromatic nitrogens is 4. The summed E-state index contributed by atoms with van der Waals surface area (Å²) in [5.41, 5.74) is 0. The molecular weight excluding hydrogens is 288 g/mol. The standard InChI is InChI=1S/C13H18N6OS/c20-12(8-19-10-14-9-17-19)16-6-11-2-1-4-18(7-11)13-15-3-5-21-13/h3,5,9-11H,1-2,4,6-8H2,(H,16,20). The Labute approximate surface area is 127 Å². The molecule has 7 nitrogen and oxygen atoms in total. The van der Waals surface area contributed by atoms with Gasteiger partial charge in [0.2, 0.25) is 5.91 Å². The van der Waals surface area contributed by atoms with E-state index in [9.17, 15) is 4.79 Å². The monoisotopic (exact) mass is 306 g/mol. The van der Waals surface area contributed by atoms with Crippen molar-refractivity contribution in [1.82, 2.24) is 25.1 Å². The third kappa shape index (κ3) is 3.78. The molecule has 1 saturated heterocycles. The molecule has 21 heavy (non-hydrogen) atoms. The summed E-state index contributed by atoms with van der Waals surface area (Å²) in [5.74, 6) is 0.453. The Morgan fingerprint density at radius 2 is 2.48 bits per heavy atom. The van der Waals surface area contributed by atoms with Crippen molar-refractivity contribution in [2.75, 3.05) is 24.5 Å². The number of hydrogen-bond acceptors (Lipinski definition) is 6. The van der Waals surface area contributed by atoms with Crippen LogP contribution in [0.2, 0.25) is 0 Å². The average molecular weight is 306 g/mol. The van der Waals surface area contributed by atoms with Gasteiger partial charge < -0.3 is 10.2 Å². The highest BCUT2D eigenvalue weighted by atomic mass is 32.1. The summed E-state index contributed by atoms with van der Waals surface area (Å²) in [5, 5.41) is 9.99. The molecule has 1 aliphatic rings. The van der Waals surface area contributed by atoms with Crippen LogP contribution in [0.4, 0.5) is 5.13 Å². The van der Waals surface area contributed by atoms with Crippen molar-refractivity contribution in [1.29, 1.82) is 0 Å². The summed E-state index contributed by atoms with van der Waals surface area (Å²) in [6.45, 7) is 2.94. The number of rotatable bonds is 5. The van der Waals surface area contributed by atoms with E-state index in [0.29, 0.717) is 12.5 Å². The van der Waals surface area contributed by atoms with Gasteiger partial charge in [0.05, 0.1) is 0 Å². The summed E-state index contributed by atoms with van der Waals surface area (Å²) in [6.07, 6.45) is 7.10. The smallest absolute Gasteiger partial charge is 0.241 e. The van der Waals surface area contributed by atoms with Gasteiger partial charge in [0.1, 0.15) is 19.2 Å². The molecule has 1 N–H and O–H groups in total. The Morgan fingerprint density at radius 3 is 3.24 bits per heavy atom. The van der Waals surface area contributed by atoms with Gasteiger partial charge in [-0.3, -0.25) is 4.79 Å². The predicted molar refractivity (Wildman–Crippen MR) is 80.1 cm³/mol. The topological polar surface area (TPSA) is 75.9 Å². The zero-order valence-corrected chi connectivity index (χ0v) is 12.5. The minimum atomic E-state index is -0.0214. The van der Waals surface area contributed by atoms with Gasteiger partial charge >= 0.3 is 0 Å². The zero-order valence-electron chi connectivity index (χ0n) is 11.7. The molecule has 1 amide bonds. The zero-order chi connectivity index (χ0) is 14.5. The summed E-state index contributed by atoms with van der Waals surface area (Å²) < 4.78 is 1.53. The van der Waals surface area contributed by atoms with E-state index in [1.54, 1.807) is 17.7 Å². The van der Waals surface area contributed by atoms with Gasteiger partial charge in [-0.05, 0) is 18.8 Å². The van der Waals surface area contributed by atoms with Crippen LogP contribution in [0, 0.1) is 5.92 Å². The Morgan fingerprint density at radius 1 is 1.52 bits per heavy atom. The fraction of sp³-hybridized carbons (Fsp3) is 0.538. The van der Waals surface area contributed by atoms with Gasteiger partial charge in [0.25, 0.3) is 0 Å². The van der Waals surface area contributed by atoms with Crippen molar-refractivity contribution >= 4 is 22.4 Å². The van der Waals surface area contributed by atoms with Gasteiger partial charge in [-0.1, -0.05) is 0 Å². The van der Waals surface area contributed by atoms with Crippen molar-refractivity contribution in [2.24, 2.45) is 5.92 Å². The summed E-state index contributed by atoms with van der Waals surface area (Å²) in [6, 6.07) is 0. The van der Waals surface area contributed by atoms with E-state index >= 15 is 0 Å². The number of amides is 1. The van der Waals surface area contributed by atoms with Gasteiger partial charge in [-0.25, -0.2) is 14.6 Å². The molecule has 2 aromatic rings. The second kappa shape index (κ2) is 6.66. The molecule has 1 unspecified atom stereocenters. The largest absolute Gasteiger partial charge is 0.354 e. The van der Waals surface area contributed by atoms with Crippen LogP contribution in [-0.2, 0) is 11.3 Å². The van der Waals surface area contributed by atoms with Crippen molar-refractivity contribution < 1.29 is 4.79 Å². The first-order valence-electron chi connectivity index (χ1n) is 7.05. The van der Waals surface area contributed by atoms with Crippen LogP contribution < -0.4 is 10.2 Å².